The molecule has 1 aliphatic carbocycles. The van der Waals surface area contributed by atoms with Gasteiger partial charge in [0.1, 0.15) is 5.76 Å². The van der Waals surface area contributed by atoms with E-state index in [4.69, 9.17) is 4.42 Å². The Kier molecular flexibility index (Phi) is 2.40. The molecule has 1 N–H and O–H groups in total. The first-order valence-corrected chi connectivity index (χ1v) is 4.93. The highest BCUT2D eigenvalue weighted by Crippen LogP contribution is 2.33. The van der Waals surface area contributed by atoms with Gasteiger partial charge < -0.3 is 9.52 Å². The number of aryl methyl sites for hydroxylation is 1. The van der Waals surface area contributed by atoms with Crippen LogP contribution < -0.4 is 0 Å². The van der Waals surface area contributed by atoms with Gasteiger partial charge >= 0.3 is 0 Å². The van der Waals surface area contributed by atoms with E-state index < -0.39 is 0 Å². The zero-order chi connectivity index (χ0) is 9.26. The molecule has 0 saturated heterocycles. The van der Waals surface area contributed by atoms with Crippen LogP contribution in [0.1, 0.15) is 42.9 Å². The molecule has 1 aromatic heterocycles. The molecule has 1 aliphatic rings. The molecule has 2 nitrogen and oxygen atoms in total. The van der Waals surface area contributed by atoms with Crippen LogP contribution >= 0.6 is 0 Å². The van der Waals surface area contributed by atoms with E-state index in [1.165, 1.54) is 6.42 Å². The van der Waals surface area contributed by atoms with E-state index in [0.29, 0.717) is 0 Å². The Morgan fingerprint density at radius 1 is 1.46 bits per heavy atom. The molecule has 1 fully saturated rings. The fourth-order valence-electron chi connectivity index (χ4n) is 2.07. The van der Waals surface area contributed by atoms with E-state index in [9.17, 15) is 5.11 Å². The maximum absolute atomic E-state index is 9.77. The highest BCUT2D eigenvalue weighted by atomic mass is 16.3. The van der Waals surface area contributed by atoms with Crippen LogP contribution in [-0.4, -0.2) is 11.2 Å². The molecule has 1 radical (unpaired) electrons. The van der Waals surface area contributed by atoms with Crippen LogP contribution in [0.3, 0.4) is 0 Å². The quantitative estimate of drug-likeness (QED) is 0.718. The van der Waals surface area contributed by atoms with Crippen LogP contribution in [0.4, 0.5) is 0 Å². The smallest absolute Gasteiger partial charge is 0.108 e. The molecule has 0 amide bonds. The molecule has 1 aromatic rings. The number of aliphatic hydroxyl groups excluding tert-OH is 1. The summed E-state index contributed by atoms with van der Waals surface area (Å²) >= 11 is 0. The minimum Gasteiger partial charge on any atom is -0.469 e. The maximum Gasteiger partial charge on any atom is 0.108 e. The first-order valence-electron chi connectivity index (χ1n) is 4.93. The average Bonchev–Trinajstić information content (AvgIpc) is 2.53. The highest BCUT2D eigenvalue weighted by Gasteiger charge is 2.25. The average molecular weight is 179 g/mol. The Labute approximate surface area is 78.6 Å². The predicted molar refractivity (Wildman–Crippen MR) is 49.5 cm³/mol. The van der Waals surface area contributed by atoms with Gasteiger partial charge in [0.2, 0.25) is 0 Å². The van der Waals surface area contributed by atoms with Crippen molar-refractivity contribution in [3.63, 3.8) is 0 Å². The van der Waals surface area contributed by atoms with E-state index in [2.05, 4.69) is 6.07 Å². The Bertz CT molecular complexity index is 277. The van der Waals surface area contributed by atoms with Crippen molar-refractivity contribution in [2.45, 2.75) is 44.6 Å². The normalized spacial score (nSPS) is 29.1. The van der Waals surface area contributed by atoms with Gasteiger partial charge in [-0.05, 0) is 19.8 Å². The van der Waals surface area contributed by atoms with E-state index >= 15 is 0 Å². The second-order valence-corrected chi connectivity index (χ2v) is 3.83. The first kappa shape index (κ1) is 8.82. The number of aliphatic hydroxyl groups is 1. The van der Waals surface area contributed by atoms with E-state index in [0.717, 1.165) is 30.6 Å². The third-order valence-electron chi connectivity index (χ3n) is 2.81. The van der Waals surface area contributed by atoms with E-state index in [1.54, 1.807) is 6.26 Å². The van der Waals surface area contributed by atoms with Gasteiger partial charge in [0.05, 0.1) is 12.4 Å². The van der Waals surface area contributed by atoms with Crippen LogP contribution in [0.2, 0.25) is 0 Å². The van der Waals surface area contributed by atoms with Gasteiger partial charge in [-0.3, -0.25) is 0 Å². The summed E-state index contributed by atoms with van der Waals surface area (Å²) in [7, 11) is 0. The van der Waals surface area contributed by atoms with Crippen molar-refractivity contribution in [3.8, 4) is 0 Å². The highest BCUT2D eigenvalue weighted by molar-refractivity contribution is 5.17. The monoisotopic (exact) mass is 179 g/mol. The van der Waals surface area contributed by atoms with Crippen molar-refractivity contribution >= 4 is 0 Å². The maximum atomic E-state index is 9.77. The summed E-state index contributed by atoms with van der Waals surface area (Å²) in [4.78, 5) is 0. The number of hydrogen-bond donors (Lipinski definition) is 1. The summed E-state index contributed by atoms with van der Waals surface area (Å²) in [5.41, 5.74) is 1.05. The zero-order valence-corrected chi connectivity index (χ0v) is 7.92. The molecule has 2 rings (SSSR count). The standard InChI is InChI=1S/C11H15O2/c1-8-6-9(7-13-8)10-4-2-3-5-11(10)12/h7,10-12H,2-5H2,1H3/t10-,11+/m0/s1. The van der Waals surface area contributed by atoms with Crippen molar-refractivity contribution < 1.29 is 9.52 Å². The third-order valence-corrected chi connectivity index (χ3v) is 2.81. The van der Waals surface area contributed by atoms with Gasteiger partial charge in [-0.15, -0.1) is 0 Å². The van der Waals surface area contributed by atoms with Crippen molar-refractivity contribution in [2.24, 2.45) is 0 Å². The van der Waals surface area contributed by atoms with Crippen LogP contribution in [0.25, 0.3) is 0 Å². The molecule has 0 unspecified atom stereocenters. The Morgan fingerprint density at radius 3 is 2.85 bits per heavy atom. The molecular formula is C11H15O2. The predicted octanol–water partition coefficient (Wildman–Crippen LogP) is 2.41. The minimum atomic E-state index is -0.193. The molecule has 2 atom stereocenters. The van der Waals surface area contributed by atoms with Gasteiger partial charge in [0.15, 0.2) is 0 Å². The molecule has 2 heteroatoms. The minimum absolute atomic E-state index is 0.193. The first-order chi connectivity index (χ1) is 6.27. The van der Waals surface area contributed by atoms with Crippen LogP contribution in [0.15, 0.2) is 10.7 Å². The number of furan rings is 1. The lowest BCUT2D eigenvalue weighted by Gasteiger charge is -2.26. The lowest BCUT2D eigenvalue weighted by Crippen LogP contribution is -2.22. The van der Waals surface area contributed by atoms with Gasteiger partial charge in [-0.2, -0.15) is 0 Å². The second-order valence-electron chi connectivity index (χ2n) is 3.83. The van der Waals surface area contributed by atoms with Gasteiger partial charge in [-0.25, -0.2) is 0 Å². The molecule has 0 spiro atoms. The fraction of sp³-hybridized carbons (Fsp3) is 0.636. The van der Waals surface area contributed by atoms with E-state index in [1.807, 2.05) is 6.92 Å². The van der Waals surface area contributed by atoms with E-state index in [-0.39, 0.29) is 12.0 Å². The van der Waals surface area contributed by atoms with Gasteiger partial charge in [-0.1, -0.05) is 12.8 Å². The third kappa shape index (κ3) is 1.78. The largest absolute Gasteiger partial charge is 0.469 e. The van der Waals surface area contributed by atoms with Crippen LogP contribution in [-0.2, 0) is 0 Å². The Morgan fingerprint density at radius 2 is 2.23 bits per heavy atom. The molecule has 0 aliphatic heterocycles. The SMILES string of the molecule is Cc1[c]c([C@@H]2CCCC[C@H]2O)co1. The molecule has 1 saturated carbocycles. The molecule has 13 heavy (non-hydrogen) atoms. The lowest BCUT2D eigenvalue weighted by molar-refractivity contribution is 0.106. The second kappa shape index (κ2) is 3.54. The van der Waals surface area contributed by atoms with Crippen LogP contribution in [0, 0.1) is 13.0 Å². The summed E-state index contributed by atoms with van der Waals surface area (Å²) < 4.78 is 5.20. The summed E-state index contributed by atoms with van der Waals surface area (Å²) in [6.07, 6.45) is 5.88. The van der Waals surface area contributed by atoms with Gasteiger partial charge in [0, 0.05) is 17.5 Å². The molecule has 1 heterocycles. The number of rotatable bonds is 1. The fourth-order valence-corrected chi connectivity index (χ4v) is 2.07. The molecular weight excluding hydrogens is 164 g/mol. The zero-order valence-electron chi connectivity index (χ0n) is 7.92. The van der Waals surface area contributed by atoms with Gasteiger partial charge in [0.25, 0.3) is 0 Å². The summed E-state index contributed by atoms with van der Waals surface area (Å²) in [6.45, 7) is 1.89. The van der Waals surface area contributed by atoms with Crippen molar-refractivity contribution in [1.29, 1.82) is 0 Å². The Hall–Kier alpha value is -0.760. The summed E-state index contributed by atoms with van der Waals surface area (Å²) in [5.74, 6) is 1.07. The van der Waals surface area contributed by atoms with Crippen molar-refractivity contribution in [1.82, 2.24) is 0 Å². The molecule has 0 bridgehead atoms. The van der Waals surface area contributed by atoms with Crippen molar-refractivity contribution in [3.05, 3.63) is 23.7 Å². The summed E-state index contributed by atoms with van der Waals surface area (Å²) in [5, 5.41) is 9.77. The molecule has 0 aromatic carbocycles. The van der Waals surface area contributed by atoms with Crippen LogP contribution in [0.5, 0.6) is 0 Å². The topological polar surface area (TPSA) is 33.4 Å². The summed E-state index contributed by atoms with van der Waals surface area (Å²) in [6, 6.07) is 3.15. The Balaban J connectivity index is 2.14. The number of hydrogen-bond acceptors (Lipinski definition) is 2. The molecule has 71 valence electrons. The lowest BCUT2D eigenvalue weighted by atomic mass is 9.83. The van der Waals surface area contributed by atoms with Crippen molar-refractivity contribution in [2.75, 3.05) is 0 Å².